The summed E-state index contributed by atoms with van der Waals surface area (Å²) in [6.07, 6.45) is -3.38. The minimum atomic E-state index is -1.40. The first kappa shape index (κ1) is 29.2. The molecule has 1 saturated heterocycles. The summed E-state index contributed by atoms with van der Waals surface area (Å²) in [5.41, 5.74) is 26.2. The zero-order chi connectivity index (χ0) is 28.5. The number of nitrogens with two attached hydrogens (primary N) is 1. The topological polar surface area (TPSA) is 203 Å². The Kier molecular flexibility index (Phi) is 10.2. The average Bonchev–Trinajstić information content (AvgIpc) is 2.97. The van der Waals surface area contributed by atoms with Crippen molar-refractivity contribution in [2.75, 3.05) is 6.54 Å². The van der Waals surface area contributed by atoms with E-state index in [1.165, 1.54) is 0 Å². The highest BCUT2D eigenvalue weighted by Gasteiger charge is 2.49. The van der Waals surface area contributed by atoms with E-state index in [1.54, 1.807) is 4.90 Å². The number of aliphatic hydroxyl groups excluding tert-OH is 2. The van der Waals surface area contributed by atoms with Gasteiger partial charge < -0.3 is 30.3 Å². The molecule has 1 aliphatic carbocycles. The summed E-state index contributed by atoms with van der Waals surface area (Å²) in [5, 5.41) is 29.0. The Morgan fingerprint density at radius 3 is 2.25 bits per heavy atom. The average molecular weight is 551 g/mol. The molecule has 2 aromatic carbocycles. The number of carbonyl (C=O) groups is 1. The van der Waals surface area contributed by atoms with Gasteiger partial charge in [-0.05, 0) is 41.5 Å². The summed E-state index contributed by atoms with van der Waals surface area (Å²) in [6, 6.07) is 16.6. The third-order valence-electron chi connectivity index (χ3n) is 7.54. The van der Waals surface area contributed by atoms with Crippen LogP contribution in [0.4, 0.5) is 4.79 Å². The molecule has 212 valence electrons. The number of rotatable bonds is 9. The molecule has 0 spiro atoms. The van der Waals surface area contributed by atoms with E-state index in [-0.39, 0.29) is 19.6 Å². The van der Waals surface area contributed by atoms with Gasteiger partial charge in [0.25, 0.3) is 0 Å². The standard InChI is InChI=1S/C27H34N8O5/c28-20-12-11-19(40-26(20)23-21(31-33-29)13-22(32-34-30)24(36)25(23)37)15-35(14-17-7-3-1-4-8-17)27(38)39-16-18-9-5-2-6-10-18/h1-10,19-26,36-37H,11-16,28H2/t19-,20+,21?,22?,23?,24-,25-,26-/m0/s1. The van der Waals surface area contributed by atoms with Crippen LogP contribution in [0.25, 0.3) is 20.9 Å². The molecule has 2 aromatic rings. The summed E-state index contributed by atoms with van der Waals surface area (Å²) < 4.78 is 12.0. The Hall–Kier alpha value is -3.83. The van der Waals surface area contributed by atoms with Crippen LogP contribution in [-0.2, 0) is 22.6 Å². The van der Waals surface area contributed by atoms with Crippen LogP contribution in [0.1, 0.15) is 30.4 Å². The lowest BCUT2D eigenvalue weighted by Gasteiger charge is -2.47. The third-order valence-corrected chi connectivity index (χ3v) is 7.54. The first-order chi connectivity index (χ1) is 19.4. The van der Waals surface area contributed by atoms with Crippen molar-refractivity contribution in [3.8, 4) is 0 Å². The summed E-state index contributed by atoms with van der Waals surface area (Å²) in [7, 11) is 0. The SMILES string of the molecule is [N-]=[N+]=NC1CC(N=[N+]=[N-])[C@H](O)[C@@H](O)C1[C@H]1O[C@H](CN(Cc2ccccc2)C(=O)OCc2ccccc2)CC[C@H]1N. The van der Waals surface area contributed by atoms with Crippen LogP contribution >= 0.6 is 0 Å². The molecule has 0 aromatic heterocycles. The minimum absolute atomic E-state index is 0.0419. The largest absolute Gasteiger partial charge is 0.445 e. The highest BCUT2D eigenvalue weighted by Crippen LogP contribution is 2.37. The Balaban J connectivity index is 1.51. The van der Waals surface area contributed by atoms with Crippen LogP contribution in [0, 0.1) is 5.92 Å². The van der Waals surface area contributed by atoms with Crippen molar-refractivity contribution in [2.24, 2.45) is 21.9 Å². The smallest absolute Gasteiger partial charge is 0.410 e. The second kappa shape index (κ2) is 14.0. The summed E-state index contributed by atoms with van der Waals surface area (Å²) in [6.45, 7) is 0.617. The van der Waals surface area contributed by atoms with Gasteiger partial charge in [0.15, 0.2) is 0 Å². The second-order valence-corrected chi connectivity index (χ2v) is 10.2. The molecule has 13 nitrogen and oxygen atoms in total. The summed E-state index contributed by atoms with van der Waals surface area (Å²) in [5.74, 6) is -0.832. The zero-order valence-corrected chi connectivity index (χ0v) is 22.0. The van der Waals surface area contributed by atoms with E-state index < -0.39 is 54.6 Å². The van der Waals surface area contributed by atoms with Crippen LogP contribution in [0.3, 0.4) is 0 Å². The van der Waals surface area contributed by atoms with Crippen LogP contribution in [0.15, 0.2) is 70.9 Å². The van der Waals surface area contributed by atoms with Crippen molar-refractivity contribution in [1.29, 1.82) is 0 Å². The third kappa shape index (κ3) is 7.22. The number of aliphatic hydroxyl groups is 2. The Morgan fingerprint density at radius 1 is 0.975 bits per heavy atom. The lowest BCUT2D eigenvalue weighted by atomic mass is 9.72. The fraction of sp³-hybridized carbons (Fsp3) is 0.519. The highest BCUT2D eigenvalue weighted by molar-refractivity contribution is 5.67. The van der Waals surface area contributed by atoms with E-state index in [2.05, 4.69) is 20.1 Å². The molecule has 2 fully saturated rings. The summed E-state index contributed by atoms with van der Waals surface area (Å²) in [4.78, 5) is 20.4. The van der Waals surface area contributed by atoms with Gasteiger partial charge in [-0.25, -0.2) is 4.79 Å². The van der Waals surface area contributed by atoms with E-state index in [9.17, 15) is 15.0 Å². The molecule has 1 amide bonds. The number of nitrogens with zero attached hydrogens (tertiary/aromatic N) is 7. The molecule has 2 aliphatic rings. The van der Waals surface area contributed by atoms with Gasteiger partial charge in [-0.2, -0.15) is 0 Å². The van der Waals surface area contributed by atoms with Gasteiger partial charge in [0.1, 0.15) is 6.61 Å². The lowest BCUT2D eigenvalue weighted by Crippen LogP contribution is -2.61. The van der Waals surface area contributed by atoms with Crippen LogP contribution < -0.4 is 5.73 Å². The predicted octanol–water partition coefficient (Wildman–Crippen LogP) is 3.80. The minimum Gasteiger partial charge on any atom is -0.445 e. The zero-order valence-electron chi connectivity index (χ0n) is 22.0. The van der Waals surface area contributed by atoms with E-state index in [4.69, 9.17) is 26.3 Å². The van der Waals surface area contributed by atoms with Gasteiger partial charge in [0.05, 0.1) is 37.0 Å². The number of hydrogen-bond donors (Lipinski definition) is 3. The van der Waals surface area contributed by atoms with Crippen molar-refractivity contribution in [3.05, 3.63) is 92.7 Å². The first-order valence-electron chi connectivity index (χ1n) is 13.3. The molecule has 8 atom stereocenters. The van der Waals surface area contributed by atoms with Crippen molar-refractivity contribution < 1.29 is 24.5 Å². The number of ether oxygens (including phenoxy) is 2. The molecule has 40 heavy (non-hydrogen) atoms. The van der Waals surface area contributed by atoms with Crippen molar-refractivity contribution >= 4 is 6.09 Å². The van der Waals surface area contributed by atoms with Crippen LogP contribution in [0.5, 0.6) is 0 Å². The molecule has 1 heterocycles. The van der Waals surface area contributed by atoms with Gasteiger partial charge in [-0.1, -0.05) is 70.9 Å². The molecule has 4 rings (SSSR count). The van der Waals surface area contributed by atoms with E-state index in [0.717, 1.165) is 11.1 Å². The second-order valence-electron chi connectivity index (χ2n) is 10.2. The van der Waals surface area contributed by atoms with Gasteiger partial charge >= 0.3 is 6.09 Å². The molecule has 1 saturated carbocycles. The number of benzene rings is 2. The van der Waals surface area contributed by atoms with Gasteiger partial charge in [-0.15, -0.1) is 0 Å². The number of carbonyl (C=O) groups excluding carboxylic acids is 1. The van der Waals surface area contributed by atoms with Gasteiger partial charge in [0, 0.05) is 34.4 Å². The quantitative estimate of drug-likeness (QED) is 0.240. The van der Waals surface area contributed by atoms with E-state index >= 15 is 0 Å². The predicted molar refractivity (Wildman–Crippen MR) is 145 cm³/mol. The van der Waals surface area contributed by atoms with Crippen molar-refractivity contribution in [1.82, 2.24) is 4.90 Å². The first-order valence-corrected chi connectivity index (χ1v) is 13.3. The molecule has 3 unspecified atom stereocenters. The normalized spacial score (nSPS) is 29.9. The fourth-order valence-electron chi connectivity index (χ4n) is 5.52. The molecule has 0 bridgehead atoms. The molecular formula is C27H34N8O5. The molecule has 13 heteroatoms. The Bertz CT molecular complexity index is 1210. The fourth-order valence-corrected chi connectivity index (χ4v) is 5.52. The maximum absolute atomic E-state index is 13.2. The van der Waals surface area contributed by atoms with Crippen molar-refractivity contribution in [3.63, 3.8) is 0 Å². The van der Waals surface area contributed by atoms with E-state index in [1.807, 2.05) is 60.7 Å². The molecule has 4 N–H and O–H groups in total. The maximum Gasteiger partial charge on any atom is 0.410 e. The van der Waals surface area contributed by atoms with Gasteiger partial charge in [-0.3, -0.25) is 0 Å². The molecule has 0 radical (unpaired) electrons. The Morgan fingerprint density at radius 2 is 1.60 bits per heavy atom. The summed E-state index contributed by atoms with van der Waals surface area (Å²) >= 11 is 0. The number of azide groups is 2. The van der Waals surface area contributed by atoms with Crippen LogP contribution in [-0.4, -0.2) is 70.3 Å². The number of hydrogen-bond acceptors (Lipinski definition) is 8. The highest BCUT2D eigenvalue weighted by atomic mass is 16.6. The monoisotopic (exact) mass is 550 g/mol. The molecular weight excluding hydrogens is 516 g/mol. The van der Waals surface area contributed by atoms with Gasteiger partial charge in [0.2, 0.25) is 0 Å². The molecule has 1 aliphatic heterocycles. The Labute approximate surface area is 231 Å². The number of amides is 1. The van der Waals surface area contributed by atoms with E-state index in [0.29, 0.717) is 19.4 Å². The van der Waals surface area contributed by atoms with Crippen LogP contribution in [0.2, 0.25) is 0 Å². The maximum atomic E-state index is 13.2. The van der Waals surface area contributed by atoms with Crippen molar-refractivity contribution in [2.45, 2.75) is 75.0 Å². The lowest BCUT2D eigenvalue weighted by molar-refractivity contribution is -0.155.